The summed E-state index contributed by atoms with van der Waals surface area (Å²) in [5.74, 6) is -0.733. The first-order valence-electron chi connectivity index (χ1n) is 11.0. The average molecular weight is 502 g/mol. The van der Waals surface area contributed by atoms with Crippen LogP contribution in [0.1, 0.15) is 86.0 Å². The predicted octanol–water partition coefficient (Wildman–Crippen LogP) is 4.33. The number of urea groups is 1. The molecule has 3 N–H and O–H groups in total. The molecule has 0 atom stereocenters. The predicted molar refractivity (Wildman–Crippen MR) is 132 cm³/mol. The summed E-state index contributed by atoms with van der Waals surface area (Å²) in [4.78, 5) is 24.7. The van der Waals surface area contributed by atoms with Gasteiger partial charge in [-0.3, -0.25) is 0 Å². The van der Waals surface area contributed by atoms with Gasteiger partial charge >= 0.3 is 12.0 Å². The third-order valence-corrected chi connectivity index (χ3v) is 6.69. The van der Waals surface area contributed by atoms with Crippen molar-refractivity contribution in [3.8, 4) is 6.07 Å². The van der Waals surface area contributed by atoms with Crippen LogP contribution in [0.15, 0.2) is 35.2 Å². The molecule has 2 aromatic rings. The van der Waals surface area contributed by atoms with Gasteiger partial charge in [0.1, 0.15) is 0 Å². The Morgan fingerprint density at radius 1 is 1.03 bits per heavy atom. The van der Waals surface area contributed by atoms with Gasteiger partial charge < -0.3 is 15.2 Å². The number of anilines is 1. The molecule has 2 aromatic carbocycles. The number of carbonyl (C=O) groups excluding carboxylic acids is 2. The third kappa shape index (κ3) is 6.59. The fourth-order valence-electron chi connectivity index (χ4n) is 3.47. The van der Waals surface area contributed by atoms with Gasteiger partial charge in [-0.05, 0) is 72.7 Å². The van der Waals surface area contributed by atoms with Crippen molar-refractivity contribution in [1.29, 1.82) is 5.26 Å². The van der Waals surface area contributed by atoms with Crippen molar-refractivity contribution in [3.63, 3.8) is 0 Å². The van der Waals surface area contributed by atoms with Gasteiger partial charge in [0.15, 0.2) is 0 Å². The van der Waals surface area contributed by atoms with Crippen LogP contribution in [0.25, 0.3) is 0 Å². The molecule has 188 valence electrons. The van der Waals surface area contributed by atoms with Crippen molar-refractivity contribution in [2.45, 2.75) is 63.9 Å². The zero-order valence-corrected chi connectivity index (χ0v) is 21.7. The maximum Gasteiger partial charge on any atom is 0.337 e. The van der Waals surface area contributed by atoms with Gasteiger partial charge in [0.25, 0.3) is 10.0 Å². The van der Waals surface area contributed by atoms with Crippen LogP contribution in [0.5, 0.6) is 0 Å². The number of hydrogen-bond donors (Lipinski definition) is 3. The van der Waals surface area contributed by atoms with Crippen molar-refractivity contribution in [2.75, 3.05) is 12.4 Å². The van der Waals surface area contributed by atoms with Gasteiger partial charge in [-0.25, -0.2) is 22.7 Å². The van der Waals surface area contributed by atoms with E-state index in [-0.39, 0.29) is 27.9 Å². The summed E-state index contributed by atoms with van der Waals surface area (Å²) in [5, 5.41) is 22.2. The normalized spacial score (nSPS) is 11.8. The van der Waals surface area contributed by atoms with Crippen LogP contribution >= 0.6 is 0 Å². The molecule has 2 rings (SSSR count). The molecule has 0 saturated carbocycles. The average Bonchev–Trinajstić information content (AvgIpc) is 2.76. The largest absolute Gasteiger partial charge is 0.465 e. The first-order chi connectivity index (χ1) is 16.1. The Morgan fingerprint density at radius 3 is 2.00 bits per heavy atom. The molecule has 2 amide bonds. The summed E-state index contributed by atoms with van der Waals surface area (Å²) in [6.07, 6.45) is 0. The molecule has 35 heavy (non-hydrogen) atoms. The molecule has 0 radical (unpaired) electrons. The zero-order chi connectivity index (χ0) is 26.7. The number of rotatable bonds is 7. The Bertz CT molecular complexity index is 1260. The summed E-state index contributed by atoms with van der Waals surface area (Å²) in [5.41, 5.74) is 0.830. The second kappa shape index (κ2) is 10.5. The molecule has 0 saturated heterocycles. The topological polar surface area (TPSA) is 146 Å². The Morgan fingerprint density at radius 2 is 1.57 bits per heavy atom. The molecule has 0 fully saturated rings. The Hall–Kier alpha value is -3.42. The standard InChI is InChI=1S/C25H31N3O6S/c1-14(2)20-10-17(23(29)34-7)11-21(15(3)4)22(20)27-24(30)28-35(32,33)19-9-16(13-26)8-18(12-19)25(5,6)31/h8-12,14-15,31H,1-7H3,(H2,27,28,30). The highest BCUT2D eigenvalue weighted by Crippen LogP contribution is 2.34. The first-order valence-corrected chi connectivity index (χ1v) is 12.5. The first kappa shape index (κ1) is 27.8. The highest BCUT2D eigenvalue weighted by molar-refractivity contribution is 7.90. The SMILES string of the molecule is COC(=O)c1cc(C(C)C)c(NC(=O)NS(=O)(=O)c2cc(C#N)cc(C(C)(C)O)c2)c(C(C)C)c1. The number of nitrogens with one attached hydrogen (secondary N) is 2. The highest BCUT2D eigenvalue weighted by atomic mass is 32.2. The number of sulfonamides is 1. The lowest BCUT2D eigenvalue weighted by Crippen LogP contribution is -2.35. The number of nitriles is 1. The molecular formula is C25H31N3O6S. The number of carbonyl (C=O) groups is 2. The summed E-state index contributed by atoms with van der Waals surface area (Å²) in [7, 11) is -3.11. The number of nitrogens with zero attached hydrogens (tertiary/aromatic N) is 1. The maximum absolute atomic E-state index is 13.0. The van der Waals surface area contributed by atoms with Crippen LogP contribution in [0.2, 0.25) is 0 Å². The van der Waals surface area contributed by atoms with Crippen molar-refractivity contribution in [3.05, 3.63) is 58.1 Å². The molecule has 10 heteroatoms. The summed E-state index contributed by atoms with van der Waals surface area (Å²) in [6.45, 7) is 10.4. The fourth-order valence-corrected chi connectivity index (χ4v) is 4.45. The van der Waals surface area contributed by atoms with E-state index >= 15 is 0 Å². The van der Waals surface area contributed by atoms with Crippen LogP contribution in [-0.4, -0.2) is 32.6 Å². The Labute approximate surface area is 206 Å². The molecule has 0 aromatic heterocycles. The van der Waals surface area contributed by atoms with Crippen molar-refractivity contribution >= 4 is 27.7 Å². The molecule has 9 nitrogen and oxygen atoms in total. The Kier molecular flexibility index (Phi) is 8.31. The quantitative estimate of drug-likeness (QED) is 0.479. The van der Waals surface area contributed by atoms with Gasteiger partial charge in [-0.2, -0.15) is 5.26 Å². The van der Waals surface area contributed by atoms with E-state index in [0.717, 1.165) is 6.07 Å². The number of amides is 2. The van der Waals surface area contributed by atoms with Gasteiger partial charge in [0, 0.05) is 5.69 Å². The number of benzene rings is 2. The molecule has 0 unspecified atom stereocenters. The van der Waals surface area contributed by atoms with Gasteiger partial charge in [0.2, 0.25) is 0 Å². The smallest absolute Gasteiger partial charge is 0.337 e. The lowest BCUT2D eigenvalue weighted by atomic mass is 9.90. The maximum atomic E-state index is 13.0. The number of methoxy groups -OCH3 is 1. The van der Waals surface area contributed by atoms with E-state index in [2.05, 4.69) is 5.32 Å². The molecule has 0 aliphatic carbocycles. The summed E-state index contributed by atoms with van der Waals surface area (Å²) < 4.78 is 32.8. The van der Waals surface area contributed by atoms with Gasteiger partial charge in [-0.1, -0.05) is 27.7 Å². The monoisotopic (exact) mass is 501 g/mol. The van der Waals surface area contributed by atoms with E-state index in [4.69, 9.17) is 4.74 Å². The number of esters is 1. The minimum absolute atomic E-state index is 0.0213. The summed E-state index contributed by atoms with van der Waals surface area (Å²) >= 11 is 0. The van der Waals surface area contributed by atoms with Crippen LogP contribution in [0.3, 0.4) is 0 Å². The fraction of sp³-hybridized carbons (Fsp3) is 0.400. The van der Waals surface area contributed by atoms with Crippen LogP contribution in [0.4, 0.5) is 10.5 Å². The number of hydrogen-bond acceptors (Lipinski definition) is 7. The van der Waals surface area contributed by atoms with Gasteiger partial charge in [0.05, 0.1) is 34.8 Å². The molecule has 0 spiro atoms. The van der Waals surface area contributed by atoms with Gasteiger partial charge in [-0.15, -0.1) is 0 Å². The molecule has 0 aliphatic heterocycles. The van der Waals surface area contributed by atoms with E-state index in [0.29, 0.717) is 22.4 Å². The lowest BCUT2D eigenvalue weighted by Gasteiger charge is -2.22. The lowest BCUT2D eigenvalue weighted by molar-refractivity contribution is 0.0600. The number of ether oxygens (including phenoxy) is 1. The molecular weight excluding hydrogens is 470 g/mol. The van der Waals surface area contributed by atoms with Crippen LogP contribution in [-0.2, 0) is 20.4 Å². The number of aliphatic hydroxyl groups is 1. The van der Waals surface area contributed by atoms with Crippen LogP contribution < -0.4 is 10.0 Å². The third-order valence-electron chi connectivity index (χ3n) is 5.38. The second-order valence-electron chi connectivity index (χ2n) is 9.31. The van der Waals surface area contributed by atoms with Crippen molar-refractivity contribution in [2.24, 2.45) is 0 Å². The highest BCUT2D eigenvalue weighted by Gasteiger charge is 2.26. The summed E-state index contributed by atoms with van der Waals surface area (Å²) in [6, 6.07) is 7.78. The zero-order valence-electron chi connectivity index (χ0n) is 20.9. The van der Waals surface area contributed by atoms with E-state index in [9.17, 15) is 28.4 Å². The van der Waals surface area contributed by atoms with E-state index in [1.54, 1.807) is 12.1 Å². The van der Waals surface area contributed by atoms with E-state index in [1.165, 1.54) is 33.1 Å². The Balaban J connectivity index is 2.49. The van der Waals surface area contributed by atoms with Crippen molar-refractivity contribution in [1.82, 2.24) is 4.72 Å². The second-order valence-corrected chi connectivity index (χ2v) is 11.0. The minimum Gasteiger partial charge on any atom is -0.465 e. The molecule has 0 heterocycles. The molecule has 0 bridgehead atoms. The van der Waals surface area contributed by atoms with Crippen LogP contribution in [0, 0.1) is 11.3 Å². The van der Waals surface area contributed by atoms with E-state index in [1.807, 2.05) is 38.5 Å². The molecule has 0 aliphatic rings. The van der Waals surface area contributed by atoms with Crippen molar-refractivity contribution < 1.29 is 27.9 Å². The minimum atomic E-state index is -4.39. The van der Waals surface area contributed by atoms with E-state index < -0.39 is 27.6 Å².